The third-order valence-corrected chi connectivity index (χ3v) is 23.1. The van der Waals surface area contributed by atoms with Gasteiger partial charge in [0, 0.05) is 36.8 Å². The number of ether oxygens (including phenoxy) is 1. The molecule has 2 aliphatic carbocycles. The Kier molecular flexibility index (Phi) is 12.8. The highest BCUT2D eigenvalue weighted by molar-refractivity contribution is 6.74. The van der Waals surface area contributed by atoms with Crippen LogP contribution >= 0.6 is 0 Å². The number of imide groups is 1. The van der Waals surface area contributed by atoms with Crippen LogP contribution < -0.4 is 0 Å². The summed E-state index contributed by atoms with van der Waals surface area (Å²) in [5.74, 6) is -3.20. The molecule has 2 fully saturated rings. The Labute approximate surface area is 349 Å². The number of rotatable bonds is 8. The molecule has 0 N–H and O–H groups in total. The van der Waals surface area contributed by atoms with Crippen LogP contribution in [0, 0.1) is 23.2 Å². The Bertz CT molecular complexity index is 1940. The first-order chi connectivity index (χ1) is 26.8. The Hall–Kier alpha value is -3.71. The molecule has 2 aromatic carbocycles. The quantitative estimate of drug-likeness (QED) is 0.113. The van der Waals surface area contributed by atoms with E-state index < -0.39 is 75.5 Å². The van der Waals surface area contributed by atoms with E-state index in [1.165, 1.54) is 11.8 Å². The molecule has 0 aromatic heterocycles. The maximum absolute atomic E-state index is 16.3. The SMILES string of the molecule is C=C1[C@@H](C)[C@H]2[C@H](Cc3ccccc3)N(C(=O)c3ccccc3)C(=O)[C@]23[C@H](OC(C)=O)/C=C/[C@](C)(O[Si](C)(C)C(C)(C)C)C(=O)CC/C=C/[C@H]3[C@@H]1O[Si](C)(C)C(C)(C)C. The number of esters is 1. The van der Waals surface area contributed by atoms with Crippen molar-refractivity contribution >= 4 is 40.2 Å². The lowest BCUT2D eigenvalue weighted by atomic mass is 9.51. The first kappa shape index (κ1) is 45.4. The van der Waals surface area contributed by atoms with E-state index >= 15 is 9.59 Å². The largest absolute Gasteiger partial charge is 0.457 e. The molecule has 8 nitrogen and oxygen atoms in total. The Balaban J connectivity index is 1.88. The molecule has 3 aliphatic rings. The van der Waals surface area contributed by atoms with Crippen molar-refractivity contribution in [2.45, 2.75) is 142 Å². The topological polar surface area (TPSA) is 99.2 Å². The van der Waals surface area contributed by atoms with Crippen LogP contribution in [0.4, 0.5) is 0 Å². The Morgan fingerprint density at radius 3 is 2.00 bits per heavy atom. The lowest BCUT2D eigenvalue weighted by Crippen LogP contribution is -2.62. The number of carbonyl (C=O) groups is 4. The lowest BCUT2D eigenvalue weighted by Gasteiger charge is -2.55. The third-order valence-electron chi connectivity index (χ3n) is 14.1. The molecule has 314 valence electrons. The average Bonchev–Trinajstić information content (AvgIpc) is 3.37. The fraction of sp³-hybridized carbons (Fsp3) is 0.542. The van der Waals surface area contributed by atoms with Gasteiger partial charge in [-0.2, -0.15) is 0 Å². The zero-order valence-corrected chi connectivity index (χ0v) is 39.2. The molecule has 1 heterocycles. The summed E-state index contributed by atoms with van der Waals surface area (Å²) in [5, 5.41) is -0.398. The van der Waals surface area contributed by atoms with Crippen molar-refractivity contribution in [1.82, 2.24) is 4.90 Å². The van der Waals surface area contributed by atoms with Gasteiger partial charge in [-0.25, -0.2) is 0 Å². The number of hydrogen-bond donors (Lipinski definition) is 0. The molecule has 2 amide bonds. The van der Waals surface area contributed by atoms with Crippen LogP contribution in [0.25, 0.3) is 0 Å². The van der Waals surface area contributed by atoms with E-state index in [9.17, 15) is 9.59 Å². The van der Waals surface area contributed by atoms with Crippen molar-refractivity contribution in [2.24, 2.45) is 23.2 Å². The minimum absolute atomic E-state index is 0.105. The van der Waals surface area contributed by atoms with Crippen LogP contribution in [-0.4, -0.2) is 69.0 Å². The second-order valence-electron chi connectivity index (χ2n) is 20.0. The first-order valence-electron chi connectivity index (χ1n) is 20.9. The first-order valence-corrected chi connectivity index (χ1v) is 26.7. The monoisotopic (exact) mass is 825 g/mol. The standard InChI is InChI=1S/C48H67NO7Si2/c1-32-33(2)42(55-57(11,12)45(4,5)6)37-27-21-22-28-39(51)47(10,56-58(13,14)46(7,8)9)30-29-40(54-34(3)50)48(37)41(32)38(31-35-23-17-15-18-24-35)49(44(48)53)43(52)36-25-19-16-20-26-36/h15-21,23-27,29-30,32,37-38,40-42H,2,22,28,31H2,1,3-14H3/b27-21+,30-29+/t32-,37+,38+,40-,41+,42-,47+,48-/m1/s1. The van der Waals surface area contributed by atoms with Crippen molar-refractivity contribution in [3.05, 3.63) is 108 Å². The van der Waals surface area contributed by atoms with Gasteiger partial charge < -0.3 is 13.6 Å². The minimum Gasteiger partial charge on any atom is -0.457 e. The number of ketones is 1. The van der Waals surface area contributed by atoms with Crippen LogP contribution in [0.5, 0.6) is 0 Å². The van der Waals surface area contributed by atoms with Crippen molar-refractivity contribution in [1.29, 1.82) is 0 Å². The summed E-state index contributed by atoms with van der Waals surface area (Å²) in [5.41, 5.74) is -0.754. The summed E-state index contributed by atoms with van der Waals surface area (Å²) < 4.78 is 20.8. The number of benzene rings is 2. The van der Waals surface area contributed by atoms with E-state index in [1.54, 1.807) is 43.3 Å². The van der Waals surface area contributed by atoms with Crippen LogP contribution in [0.1, 0.15) is 91.1 Å². The Morgan fingerprint density at radius 1 is 0.879 bits per heavy atom. The van der Waals surface area contributed by atoms with Crippen LogP contribution in [0.2, 0.25) is 36.3 Å². The maximum Gasteiger partial charge on any atom is 0.303 e. The molecule has 58 heavy (non-hydrogen) atoms. The van der Waals surface area contributed by atoms with Gasteiger partial charge in [0.25, 0.3) is 5.91 Å². The molecule has 1 saturated heterocycles. The van der Waals surface area contributed by atoms with Gasteiger partial charge in [0.15, 0.2) is 22.4 Å². The molecular formula is C48H67NO7Si2. The normalized spacial score (nSPS) is 30.8. The highest BCUT2D eigenvalue weighted by Gasteiger charge is 2.73. The summed E-state index contributed by atoms with van der Waals surface area (Å²) in [6.07, 6.45) is 6.53. The number of carbonyl (C=O) groups excluding carboxylic acids is 4. The van der Waals surface area contributed by atoms with Gasteiger partial charge in [-0.3, -0.25) is 24.1 Å². The summed E-state index contributed by atoms with van der Waals surface area (Å²) in [6, 6.07) is 18.1. The van der Waals surface area contributed by atoms with E-state index in [-0.39, 0.29) is 28.2 Å². The highest BCUT2D eigenvalue weighted by atomic mass is 28.4. The van der Waals surface area contributed by atoms with Crippen LogP contribution in [0.15, 0.2) is 97.1 Å². The summed E-state index contributed by atoms with van der Waals surface area (Å²) in [6.45, 7) is 31.4. The third kappa shape index (κ3) is 8.36. The van der Waals surface area contributed by atoms with Gasteiger partial charge in [-0.1, -0.05) is 116 Å². The summed E-state index contributed by atoms with van der Waals surface area (Å²) >= 11 is 0. The molecule has 1 aliphatic heterocycles. The minimum atomic E-state index is -2.56. The number of likely N-dealkylation sites (tertiary alicyclic amines) is 1. The van der Waals surface area contributed by atoms with E-state index in [0.717, 1.165) is 11.1 Å². The predicted octanol–water partition coefficient (Wildman–Crippen LogP) is 10.3. The smallest absolute Gasteiger partial charge is 0.303 e. The van der Waals surface area contributed by atoms with E-state index in [1.807, 2.05) is 48.6 Å². The van der Waals surface area contributed by atoms with Gasteiger partial charge >= 0.3 is 5.97 Å². The second-order valence-corrected chi connectivity index (χ2v) is 29.5. The number of amides is 2. The summed E-state index contributed by atoms with van der Waals surface area (Å²) in [7, 11) is -5.11. The number of Topliss-reactive ketones (excluding diaryl/α,β-unsaturated/α-hetero) is 1. The fourth-order valence-corrected chi connectivity index (χ4v) is 11.7. The van der Waals surface area contributed by atoms with Gasteiger partial charge in [-0.15, -0.1) is 0 Å². The average molecular weight is 826 g/mol. The molecule has 0 radical (unpaired) electrons. The van der Waals surface area contributed by atoms with Gasteiger partial charge in [0.1, 0.15) is 17.1 Å². The molecule has 2 aromatic rings. The van der Waals surface area contributed by atoms with E-state index in [4.69, 9.17) is 20.2 Å². The highest BCUT2D eigenvalue weighted by Crippen LogP contribution is 2.62. The molecule has 1 saturated carbocycles. The molecular weight excluding hydrogens is 759 g/mol. The molecule has 0 unspecified atom stereocenters. The molecule has 5 rings (SSSR count). The number of hydrogen-bond acceptors (Lipinski definition) is 7. The summed E-state index contributed by atoms with van der Waals surface area (Å²) in [4.78, 5) is 60.6. The van der Waals surface area contributed by atoms with Crippen molar-refractivity contribution in [3.63, 3.8) is 0 Å². The Morgan fingerprint density at radius 2 is 1.45 bits per heavy atom. The van der Waals surface area contributed by atoms with E-state index in [0.29, 0.717) is 18.4 Å². The lowest BCUT2D eigenvalue weighted by molar-refractivity contribution is -0.166. The maximum atomic E-state index is 16.3. The molecule has 8 atom stereocenters. The van der Waals surface area contributed by atoms with Crippen molar-refractivity contribution < 1.29 is 32.8 Å². The van der Waals surface area contributed by atoms with Crippen LogP contribution in [0.3, 0.4) is 0 Å². The van der Waals surface area contributed by atoms with E-state index in [2.05, 4.69) is 74.7 Å². The zero-order chi connectivity index (χ0) is 43.2. The van der Waals surface area contributed by atoms with Crippen molar-refractivity contribution in [2.75, 3.05) is 0 Å². The number of nitrogens with zero attached hydrogens (tertiary/aromatic N) is 1. The van der Waals surface area contributed by atoms with Gasteiger partial charge in [0.2, 0.25) is 5.91 Å². The predicted molar refractivity (Wildman–Crippen MR) is 236 cm³/mol. The molecule has 10 heteroatoms. The van der Waals surface area contributed by atoms with Gasteiger partial charge in [0.05, 0.1) is 6.10 Å². The fourth-order valence-electron chi connectivity index (χ4n) is 8.82. The molecule has 0 bridgehead atoms. The number of allylic oxidation sites excluding steroid dienone is 1. The second kappa shape index (κ2) is 16.4. The van der Waals surface area contributed by atoms with Crippen LogP contribution in [-0.2, 0) is 34.4 Å². The zero-order valence-electron chi connectivity index (χ0n) is 37.2. The molecule has 1 spiro atoms. The van der Waals surface area contributed by atoms with Crippen molar-refractivity contribution in [3.8, 4) is 0 Å². The van der Waals surface area contributed by atoms with Gasteiger partial charge in [-0.05, 0) is 97.4 Å².